The number of anilines is 1. The minimum atomic E-state index is -2.27. The Kier molecular flexibility index (Phi) is 6.94. The Morgan fingerprint density at radius 2 is 1.62 bits per heavy atom. The molecule has 3 aromatic rings. The monoisotopic (exact) mass is 517 g/mol. The number of aryl methyl sites for hydroxylation is 2. The summed E-state index contributed by atoms with van der Waals surface area (Å²) in [5.74, 6) is -11.0. The van der Waals surface area contributed by atoms with Crippen molar-refractivity contribution in [2.75, 3.05) is 5.32 Å². The van der Waals surface area contributed by atoms with Crippen molar-refractivity contribution in [1.29, 1.82) is 0 Å². The van der Waals surface area contributed by atoms with Crippen LogP contribution in [0.15, 0.2) is 18.2 Å². The number of benzene rings is 2. The van der Waals surface area contributed by atoms with Gasteiger partial charge in [0.25, 0.3) is 0 Å². The standard InChI is InChI=1S/C27H24F5N3O2/c28-21-17(22(29)24(31)25(32)23(21)30)11-20(37)35-27-19(10-13-3-1-2-4-13)33-26-16-7-5-14(12-36)9-15(16)6-8-18(26)34-27/h5,7,9,13,36H,1-4,6,8,10-12H2,(H,34,35,37). The maximum absolute atomic E-state index is 14.1. The van der Waals surface area contributed by atoms with Crippen molar-refractivity contribution < 1.29 is 31.9 Å². The molecule has 10 heteroatoms. The fraction of sp³-hybridized carbons (Fsp3) is 0.370. The van der Waals surface area contributed by atoms with Gasteiger partial charge in [-0.05, 0) is 36.3 Å². The first-order valence-corrected chi connectivity index (χ1v) is 12.2. The second kappa shape index (κ2) is 10.2. The van der Waals surface area contributed by atoms with Crippen LogP contribution in [-0.2, 0) is 37.1 Å². The van der Waals surface area contributed by atoms with Gasteiger partial charge in [-0.3, -0.25) is 4.79 Å². The van der Waals surface area contributed by atoms with E-state index in [-0.39, 0.29) is 12.4 Å². The van der Waals surface area contributed by atoms with Crippen molar-refractivity contribution in [3.05, 3.63) is 75.4 Å². The number of nitrogens with zero attached hydrogens (tertiary/aromatic N) is 2. The van der Waals surface area contributed by atoms with Crippen LogP contribution in [0.3, 0.4) is 0 Å². The van der Waals surface area contributed by atoms with Crippen molar-refractivity contribution in [1.82, 2.24) is 9.97 Å². The number of hydrogen-bond acceptors (Lipinski definition) is 4. The summed E-state index contributed by atoms with van der Waals surface area (Å²) in [5.41, 5.74) is 3.32. The fourth-order valence-electron chi connectivity index (χ4n) is 5.20. The lowest BCUT2D eigenvalue weighted by molar-refractivity contribution is -0.115. The molecule has 5 rings (SSSR count). The number of aliphatic hydroxyl groups is 1. The highest BCUT2D eigenvalue weighted by molar-refractivity contribution is 5.92. The molecule has 1 aromatic heterocycles. The Labute approximate surface area is 209 Å². The number of fused-ring (bicyclic) bond motifs is 3. The largest absolute Gasteiger partial charge is 0.392 e. The first kappa shape index (κ1) is 25.3. The highest BCUT2D eigenvalue weighted by atomic mass is 19.2. The lowest BCUT2D eigenvalue weighted by atomic mass is 9.90. The van der Waals surface area contributed by atoms with Crippen LogP contribution in [0.25, 0.3) is 11.3 Å². The van der Waals surface area contributed by atoms with Crippen LogP contribution in [0.1, 0.15) is 53.8 Å². The molecule has 2 aliphatic rings. The zero-order chi connectivity index (χ0) is 26.3. The third kappa shape index (κ3) is 4.82. The number of hydrogen-bond donors (Lipinski definition) is 2. The van der Waals surface area contributed by atoms with E-state index in [1.165, 1.54) is 0 Å². The van der Waals surface area contributed by atoms with E-state index < -0.39 is 47.0 Å². The van der Waals surface area contributed by atoms with Crippen molar-refractivity contribution in [2.24, 2.45) is 5.92 Å². The van der Waals surface area contributed by atoms with Gasteiger partial charge in [0.05, 0.1) is 30.1 Å². The Balaban J connectivity index is 1.49. The topological polar surface area (TPSA) is 75.1 Å². The number of carbonyl (C=O) groups excluding carboxylic acids is 1. The van der Waals surface area contributed by atoms with Crippen LogP contribution >= 0.6 is 0 Å². The molecular weight excluding hydrogens is 493 g/mol. The van der Waals surface area contributed by atoms with Gasteiger partial charge in [-0.25, -0.2) is 31.9 Å². The molecule has 0 atom stereocenters. The number of aliphatic hydroxyl groups excluding tert-OH is 1. The van der Waals surface area contributed by atoms with E-state index in [9.17, 15) is 31.9 Å². The Morgan fingerprint density at radius 1 is 0.946 bits per heavy atom. The third-order valence-corrected chi connectivity index (χ3v) is 7.13. The first-order chi connectivity index (χ1) is 17.8. The quantitative estimate of drug-likeness (QED) is 0.263. The minimum Gasteiger partial charge on any atom is -0.392 e. The highest BCUT2D eigenvalue weighted by Crippen LogP contribution is 2.36. The van der Waals surface area contributed by atoms with E-state index in [4.69, 9.17) is 4.98 Å². The van der Waals surface area contributed by atoms with Crippen LogP contribution in [0, 0.1) is 35.0 Å². The predicted molar refractivity (Wildman–Crippen MR) is 125 cm³/mol. The molecule has 194 valence electrons. The molecule has 5 nitrogen and oxygen atoms in total. The molecule has 0 bridgehead atoms. The SMILES string of the molecule is O=C(Cc1c(F)c(F)c(F)c(F)c1F)Nc1nc2c(nc1CC1CCCC1)-c1ccc(CO)cc1CC2. The van der Waals surface area contributed by atoms with Crippen molar-refractivity contribution >= 4 is 11.7 Å². The van der Waals surface area contributed by atoms with Gasteiger partial charge in [-0.1, -0.05) is 43.9 Å². The molecule has 2 aromatic carbocycles. The molecule has 0 radical (unpaired) electrons. The zero-order valence-electron chi connectivity index (χ0n) is 19.8. The average Bonchev–Trinajstić information content (AvgIpc) is 3.42. The number of nitrogens with one attached hydrogen (secondary N) is 1. The molecule has 1 heterocycles. The summed E-state index contributed by atoms with van der Waals surface area (Å²) >= 11 is 0. The normalized spacial score (nSPS) is 15.0. The molecule has 0 unspecified atom stereocenters. The van der Waals surface area contributed by atoms with Crippen LogP contribution in [-0.4, -0.2) is 21.0 Å². The molecule has 1 fully saturated rings. The van der Waals surface area contributed by atoms with Crippen molar-refractivity contribution in [2.45, 2.75) is 58.0 Å². The Morgan fingerprint density at radius 3 is 2.30 bits per heavy atom. The lowest BCUT2D eigenvalue weighted by Gasteiger charge is -2.22. The summed E-state index contributed by atoms with van der Waals surface area (Å²) in [4.78, 5) is 22.2. The van der Waals surface area contributed by atoms with Gasteiger partial charge in [-0.2, -0.15) is 0 Å². The molecule has 1 saturated carbocycles. The minimum absolute atomic E-state index is 0.0766. The van der Waals surface area contributed by atoms with Gasteiger partial charge >= 0.3 is 0 Å². The van der Waals surface area contributed by atoms with E-state index in [0.717, 1.165) is 42.4 Å². The summed E-state index contributed by atoms with van der Waals surface area (Å²) in [6.45, 7) is -0.0766. The number of amides is 1. The summed E-state index contributed by atoms with van der Waals surface area (Å²) < 4.78 is 68.8. The van der Waals surface area contributed by atoms with Gasteiger partial charge < -0.3 is 10.4 Å². The summed E-state index contributed by atoms with van der Waals surface area (Å²) in [7, 11) is 0. The second-order valence-electron chi connectivity index (χ2n) is 9.59. The number of halogens is 5. The van der Waals surface area contributed by atoms with E-state index in [0.29, 0.717) is 42.3 Å². The molecule has 0 saturated heterocycles. The molecule has 0 spiro atoms. The smallest absolute Gasteiger partial charge is 0.230 e. The summed E-state index contributed by atoms with van der Waals surface area (Å²) in [6, 6.07) is 5.62. The Hall–Kier alpha value is -3.40. The van der Waals surface area contributed by atoms with E-state index in [2.05, 4.69) is 10.3 Å². The summed E-state index contributed by atoms with van der Waals surface area (Å²) in [6.07, 6.45) is 4.79. The van der Waals surface area contributed by atoms with Crippen molar-refractivity contribution in [3.63, 3.8) is 0 Å². The maximum Gasteiger partial charge on any atom is 0.230 e. The molecule has 2 N–H and O–H groups in total. The Bertz CT molecular complexity index is 1360. The van der Waals surface area contributed by atoms with Crippen LogP contribution in [0.4, 0.5) is 27.8 Å². The number of rotatable bonds is 6. The van der Waals surface area contributed by atoms with E-state index in [1.807, 2.05) is 18.2 Å². The fourth-order valence-corrected chi connectivity index (χ4v) is 5.20. The maximum atomic E-state index is 14.1. The van der Waals surface area contributed by atoms with E-state index >= 15 is 0 Å². The zero-order valence-corrected chi connectivity index (χ0v) is 19.8. The lowest BCUT2D eigenvalue weighted by Crippen LogP contribution is -2.22. The van der Waals surface area contributed by atoms with Gasteiger partial charge in [0, 0.05) is 11.1 Å². The van der Waals surface area contributed by atoms with Crippen molar-refractivity contribution in [3.8, 4) is 11.3 Å². The second-order valence-corrected chi connectivity index (χ2v) is 9.59. The summed E-state index contributed by atoms with van der Waals surface area (Å²) in [5, 5.41) is 12.0. The molecular formula is C27H24F5N3O2. The third-order valence-electron chi connectivity index (χ3n) is 7.13. The van der Waals surface area contributed by atoms with Gasteiger partial charge in [0.1, 0.15) is 0 Å². The molecule has 0 aliphatic heterocycles. The van der Waals surface area contributed by atoms with Gasteiger partial charge in [-0.15, -0.1) is 0 Å². The number of carbonyl (C=O) groups is 1. The molecule has 1 amide bonds. The first-order valence-electron chi connectivity index (χ1n) is 12.2. The predicted octanol–water partition coefficient (Wildman–Crippen LogP) is 5.34. The van der Waals surface area contributed by atoms with Gasteiger partial charge in [0.15, 0.2) is 29.1 Å². The number of aromatic nitrogens is 2. The molecule has 37 heavy (non-hydrogen) atoms. The highest BCUT2D eigenvalue weighted by Gasteiger charge is 2.29. The van der Waals surface area contributed by atoms with E-state index in [1.54, 1.807) is 0 Å². The van der Waals surface area contributed by atoms with Crippen LogP contribution in [0.2, 0.25) is 0 Å². The van der Waals surface area contributed by atoms with Crippen LogP contribution in [0.5, 0.6) is 0 Å². The van der Waals surface area contributed by atoms with Gasteiger partial charge in [0.2, 0.25) is 11.7 Å². The van der Waals surface area contributed by atoms with Crippen LogP contribution < -0.4 is 5.32 Å². The average molecular weight is 517 g/mol. The molecule has 2 aliphatic carbocycles.